The van der Waals surface area contributed by atoms with Crippen LogP contribution < -0.4 is 0 Å². The number of likely N-dealkylation sites (tertiary alicyclic amines) is 1. The maximum Gasteiger partial charge on any atom is 0.412 e. The van der Waals surface area contributed by atoms with E-state index < -0.39 is 37.5 Å². The van der Waals surface area contributed by atoms with Crippen LogP contribution in [0.15, 0.2) is 0 Å². The van der Waals surface area contributed by atoms with Gasteiger partial charge in [0.25, 0.3) is 0 Å². The second-order valence-electron chi connectivity index (χ2n) is 3.51. The van der Waals surface area contributed by atoms with E-state index in [0.29, 0.717) is 0 Å². The summed E-state index contributed by atoms with van der Waals surface area (Å²) in [6.45, 7) is 1.81. The van der Waals surface area contributed by atoms with Crippen molar-refractivity contribution in [3.8, 4) is 0 Å². The second kappa shape index (κ2) is 5.83. The predicted molar refractivity (Wildman–Crippen MR) is 56.1 cm³/mol. The van der Waals surface area contributed by atoms with Gasteiger partial charge in [-0.1, -0.05) is 0 Å². The number of aliphatic hydroxyl groups excluding tert-OH is 1. The van der Waals surface area contributed by atoms with Crippen molar-refractivity contribution in [3.05, 3.63) is 0 Å². The molecule has 0 bridgehead atoms. The first-order valence-corrected chi connectivity index (χ1v) is 5.18. The molecule has 1 aliphatic rings. The Balaban J connectivity index is 2.89. The van der Waals surface area contributed by atoms with Crippen LogP contribution in [0.3, 0.4) is 0 Å². The Labute approximate surface area is 101 Å². The SMILES string of the molecule is [2H]COC1[C@H](O)C[C@@H](C(=O)OCC)N1C(=O)OC. The molecule has 0 saturated carbocycles. The van der Waals surface area contributed by atoms with E-state index in [-0.39, 0.29) is 13.0 Å². The van der Waals surface area contributed by atoms with Crippen LogP contribution >= 0.6 is 0 Å². The van der Waals surface area contributed by atoms with Crippen LogP contribution in [0.25, 0.3) is 0 Å². The molecule has 1 aliphatic heterocycles. The molecule has 0 aromatic heterocycles. The minimum absolute atomic E-state index is 0.00139. The Morgan fingerprint density at radius 2 is 2.29 bits per heavy atom. The lowest BCUT2D eigenvalue weighted by Crippen LogP contribution is -2.47. The molecular formula is C10H17NO6. The molecule has 1 N–H and O–H groups in total. The molecule has 1 fully saturated rings. The van der Waals surface area contributed by atoms with Gasteiger partial charge in [0, 0.05) is 13.5 Å². The average Bonchev–Trinajstić information content (AvgIpc) is 2.67. The third kappa shape index (κ3) is 2.67. The van der Waals surface area contributed by atoms with Crippen LogP contribution in [0.2, 0.25) is 0 Å². The zero-order valence-electron chi connectivity index (χ0n) is 10.8. The monoisotopic (exact) mass is 248 g/mol. The van der Waals surface area contributed by atoms with E-state index in [9.17, 15) is 14.7 Å². The van der Waals surface area contributed by atoms with Crippen LogP contribution in [0, 0.1) is 0 Å². The van der Waals surface area contributed by atoms with Gasteiger partial charge in [0.2, 0.25) is 0 Å². The van der Waals surface area contributed by atoms with Crippen molar-refractivity contribution in [1.82, 2.24) is 4.90 Å². The van der Waals surface area contributed by atoms with Crippen LogP contribution in [0.5, 0.6) is 0 Å². The van der Waals surface area contributed by atoms with Crippen LogP contribution in [-0.4, -0.2) is 61.2 Å². The Bertz CT molecular complexity index is 311. The number of methoxy groups -OCH3 is 2. The molecule has 0 aromatic rings. The molecule has 17 heavy (non-hydrogen) atoms. The summed E-state index contributed by atoms with van der Waals surface area (Å²) in [7, 11) is 0.720. The van der Waals surface area contributed by atoms with Crippen molar-refractivity contribution in [2.24, 2.45) is 0 Å². The summed E-state index contributed by atoms with van der Waals surface area (Å²) < 4.78 is 21.3. The summed E-state index contributed by atoms with van der Waals surface area (Å²) in [5.74, 6) is -0.627. The molecule has 1 amide bonds. The van der Waals surface area contributed by atoms with Gasteiger partial charge in [0.05, 0.1) is 15.1 Å². The van der Waals surface area contributed by atoms with Crippen LogP contribution in [0.1, 0.15) is 14.7 Å². The van der Waals surface area contributed by atoms with E-state index in [1.165, 1.54) is 0 Å². The highest BCUT2D eigenvalue weighted by Crippen LogP contribution is 2.26. The zero-order chi connectivity index (χ0) is 13.7. The first-order chi connectivity index (χ1) is 8.56. The fourth-order valence-corrected chi connectivity index (χ4v) is 1.80. The van der Waals surface area contributed by atoms with Gasteiger partial charge in [-0.05, 0) is 6.92 Å². The molecule has 3 atom stereocenters. The molecule has 7 heteroatoms. The Kier molecular flexibility index (Phi) is 4.16. The van der Waals surface area contributed by atoms with Gasteiger partial charge in [-0.25, -0.2) is 9.59 Å². The summed E-state index contributed by atoms with van der Waals surface area (Å²) in [5.41, 5.74) is 0. The third-order valence-electron chi connectivity index (χ3n) is 2.52. The number of nitrogens with zero attached hydrogens (tertiary/aromatic N) is 1. The first-order valence-electron chi connectivity index (χ1n) is 5.89. The van der Waals surface area contributed by atoms with E-state index in [1.807, 2.05) is 0 Å². The lowest BCUT2D eigenvalue weighted by Gasteiger charge is -2.26. The summed E-state index contributed by atoms with van der Waals surface area (Å²) in [6.07, 6.45) is -2.92. The number of hydrogen-bond acceptors (Lipinski definition) is 6. The van der Waals surface area contributed by atoms with Gasteiger partial charge in [-0.3, -0.25) is 4.90 Å². The summed E-state index contributed by atoms with van der Waals surface area (Å²) in [4.78, 5) is 24.3. The molecule has 1 rings (SSSR count). The summed E-state index contributed by atoms with van der Waals surface area (Å²) in [5, 5.41) is 9.76. The van der Waals surface area contributed by atoms with E-state index >= 15 is 0 Å². The number of aliphatic hydroxyl groups is 1. The summed E-state index contributed by atoms with van der Waals surface area (Å²) in [6, 6.07) is -0.955. The Morgan fingerprint density at radius 1 is 1.59 bits per heavy atom. The minimum atomic E-state index is -1.07. The van der Waals surface area contributed by atoms with Gasteiger partial charge < -0.3 is 19.3 Å². The smallest absolute Gasteiger partial charge is 0.412 e. The Hall–Kier alpha value is -1.34. The van der Waals surface area contributed by atoms with Crippen LogP contribution in [-0.2, 0) is 19.0 Å². The molecule has 1 saturated heterocycles. The fraction of sp³-hybridized carbons (Fsp3) is 0.800. The topological polar surface area (TPSA) is 85.3 Å². The quantitative estimate of drug-likeness (QED) is 0.692. The normalized spacial score (nSPS) is 28.8. The molecular weight excluding hydrogens is 230 g/mol. The standard InChI is InChI=1S/C10H17NO6/c1-4-17-9(13)6-5-7(12)8(15-2)11(6)10(14)16-3/h6-8,12H,4-5H2,1-3H3/t6-,7+,8?/m0/s1/i2D. The number of rotatable bonds is 3. The first kappa shape index (κ1) is 12.1. The molecule has 0 aliphatic carbocycles. The minimum Gasteiger partial charge on any atom is -0.464 e. The molecule has 0 radical (unpaired) electrons. The largest absolute Gasteiger partial charge is 0.464 e. The number of carbonyl (C=O) groups is 2. The fourth-order valence-electron chi connectivity index (χ4n) is 1.80. The molecule has 98 valence electrons. The molecule has 0 aromatic carbocycles. The van der Waals surface area contributed by atoms with Gasteiger partial charge in [0.15, 0.2) is 6.23 Å². The van der Waals surface area contributed by atoms with Gasteiger partial charge in [-0.15, -0.1) is 0 Å². The predicted octanol–water partition coefficient (Wildman–Crippen LogP) is -0.276. The lowest BCUT2D eigenvalue weighted by atomic mass is 10.2. The maximum atomic E-state index is 11.7. The van der Waals surface area contributed by atoms with E-state index in [4.69, 9.17) is 10.8 Å². The molecule has 1 heterocycles. The highest BCUT2D eigenvalue weighted by atomic mass is 16.6. The number of carbonyl (C=O) groups excluding carboxylic acids is 2. The Morgan fingerprint density at radius 3 is 2.82 bits per heavy atom. The number of hydrogen-bond donors (Lipinski definition) is 1. The van der Waals surface area contributed by atoms with Crippen molar-refractivity contribution in [3.63, 3.8) is 0 Å². The maximum absolute atomic E-state index is 11.7. The second-order valence-corrected chi connectivity index (χ2v) is 3.51. The number of esters is 1. The zero-order valence-corrected chi connectivity index (χ0v) is 9.79. The van der Waals surface area contributed by atoms with Gasteiger partial charge >= 0.3 is 12.1 Å². The van der Waals surface area contributed by atoms with Crippen molar-refractivity contribution >= 4 is 12.1 Å². The van der Waals surface area contributed by atoms with E-state index in [2.05, 4.69) is 4.74 Å². The highest BCUT2D eigenvalue weighted by molar-refractivity contribution is 5.82. The van der Waals surface area contributed by atoms with E-state index in [0.717, 1.165) is 12.0 Å². The summed E-state index contributed by atoms with van der Waals surface area (Å²) >= 11 is 0. The van der Waals surface area contributed by atoms with Crippen molar-refractivity contribution in [2.75, 3.05) is 20.8 Å². The lowest BCUT2D eigenvalue weighted by molar-refractivity contribution is -0.150. The van der Waals surface area contributed by atoms with E-state index in [1.54, 1.807) is 6.92 Å². The van der Waals surface area contributed by atoms with Gasteiger partial charge in [-0.2, -0.15) is 0 Å². The third-order valence-corrected chi connectivity index (χ3v) is 2.52. The molecule has 7 nitrogen and oxygen atoms in total. The van der Waals surface area contributed by atoms with Crippen molar-refractivity contribution < 1.29 is 30.3 Å². The van der Waals surface area contributed by atoms with Crippen molar-refractivity contribution in [1.29, 1.82) is 0 Å². The number of ether oxygens (including phenoxy) is 3. The molecule has 0 spiro atoms. The highest BCUT2D eigenvalue weighted by Gasteiger charge is 2.48. The van der Waals surface area contributed by atoms with Crippen molar-refractivity contribution in [2.45, 2.75) is 31.7 Å². The molecule has 1 unspecified atom stereocenters. The average molecular weight is 248 g/mol. The van der Waals surface area contributed by atoms with Crippen LogP contribution in [0.4, 0.5) is 4.79 Å². The number of amides is 1. The van der Waals surface area contributed by atoms with Gasteiger partial charge in [0.1, 0.15) is 12.1 Å².